The van der Waals surface area contributed by atoms with Gasteiger partial charge in [0.2, 0.25) is 11.8 Å². The lowest BCUT2D eigenvalue weighted by atomic mass is 10.0. The number of sulfonamides is 1. The van der Waals surface area contributed by atoms with Gasteiger partial charge in [0.15, 0.2) is 0 Å². The van der Waals surface area contributed by atoms with Crippen molar-refractivity contribution in [3.05, 3.63) is 131 Å². The van der Waals surface area contributed by atoms with Gasteiger partial charge in [-0.3, -0.25) is 13.9 Å². The van der Waals surface area contributed by atoms with E-state index in [1.54, 1.807) is 54.6 Å². The average Bonchev–Trinajstić information content (AvgIpc) is 3.05. The molecule has 0 aliphatic rings. The first kappa shape index (κ1) is 32.8. The number of carbonyl (C=O) groups is 2. The Kier molecular flexibility index (Phi) is 11.6. The van der Waals surface area contributed by atoms with Crippen molar-refractivity contribution in [3.63, 3.8) is 0 Å². The SMILES string of the molecule is CCCNC(=O)C(Cc1ccccc1)N(Cc1ccc(Cl)cc1)C(=O)CN(c1ccccc1CC)S(=O)(=O)c1ccccc1. The molecule has 0 aliphatic carbocycles. The summed E-state index contributed by atoms with van der Waals surface area (Å²) in [5.74, 6) is -0.803. The number of halogens is 1. The molecule has 0 saturated carbocycles. The van der Waals surface area contributed by atoms with Gasteiger partial charge in [-0.1, -0.05) is 104 Å². The molecule has 0 spiro atoms. The molecule has 1 atom stereocenters. The Bertz CT molecular complexity index is 1630. The minimum absolute atomic E-state index is 0.0736. The molecule has 4 aromatic rings. The maximum atomic E-state index is 14.5. The summed E-state index contributed by atoms with van der Waals surface area (Å²) in [4.78, 5) is 29.8. The van der Waals surface area contributed by atoms with Crippen LogP contribution in [-0.2, 0) is 39.0 Å². The molecule has 9 heteroatoms. The highest BCUT2D eigenvalue weighted by molar-refractivity contribution is 7.92. The van der Waals surface area contributed by atoms with Crippen molar-refractivity contribution in [1.82, 2.24) is 10.2 Å². The Morgan fingerprint density at radius 3 is 2.05 bits per heavy atom. The molecule has 0 heterocycles. The fourth-order valence-electron chi connectivity index (χ4n) is 4.99. The molecule has 7 nitrogen and oxygen atoms in total. The Morgan fingerprint density at radius 2 is 1.41 bits per heavy atom. The molecule has 0 bridgehead atoms. The molecule has 4 rings (SSSR count). The molecule has 4 aromatic carbocycles. The lowest BCUT2D eigenvalue weighted by Crippen LogP contribution is -2.53. The minimum Gasteiger partial charge on any atom is -0.354 e. The van der Waals surface area contributed by atoms with E-state index in [-0.39, 0.29) is 23.8 Å². The molecule has 0 fully saturated rings. The van der Waals surface area contributed by atoms with Gasteiger partial charge in [-0.2, -0.15) is 0 Å². The largest absolute Gasteiger partial charge is 0.354 e. The van der Waals surface area contributed by atoms with Crippen LogP contribution in [-0.4, -0.2) is 44.3 Å². The molecular weight excluding hydrogens is 594 g/mol. The van der Waals surface area contributed by atoms with Gasteiger partial charge < -0.3 is 10.2 Å². The van der Waals surface area contributed by atoms with E-state index in [1.165, 1.54) is 21.3 Å². The number of hydrogen-bond acceptors (Lipinski definition) is 4. The Hall–Kier alpha value is -4.14. The third kappa shape index (κ3) is 8.27. The van der Waals surface area contributed by atoms with Crippen LogP contribution < -0.4 is 9.62 Å². The number of anilines is 1. The van der Waals surface area contributed by atoms with Gasteiger partial charge in [0.1, 0.15) is 12.6 Å². The van der Waals surface area contributed by atoms with Crippen molar-refractivity contribution < 1.29 is 18.0 Å². The van der Waals surface area contributed by atoms with E-state index in [4.69, 9.17) is 11.6 Å². The van der Waals surface area contributed by atoms with E-state index in [9.17, 15) is 18.0 Å². The van der Waals surface area contributed by atoms with Crippen molar-refractivity contribution in [1.29, 1.82) is 0 Å². The summed E-state index contributed by atoms with van der Waals surface area (Å²) in [6, 6.07) is 30.9. The van der Waals surface area contributed by atoms with Crippen LogP contribution in [0.4, 0.5) is 5.69 Å². The van der Waals surface area contributed by atoms with Gasteiger partial charge in [0.05, 0.1) is 10.6 Å². The van der Waals surface area contributed by atoms with Gasteiger partial charge in [0.25, 0.3) is 10.0 Å². The second kappa shape index (κ2) is 15.5. The van der Waals surface area contributed by atoms with Gasteiger partial charge in [-0.15, -0.1) is 0 Å². The predicted octanol–water partition coefficient (Wildman–Crippen LogP) is 6.26. The van der Waals surface area contributed by atoms with Crippen molar-refractivity contribution in [2.24, 2.45) is 0 Å². The first-order chi connectivity index (χ1) is 21.2. The summed E-state index contributed by atoms with van der Waals surface area (Å²) in [7, 11) is -4.14. The van der Waals surface area contributed by atoms with Crippen LogP contribution in [0.3, 0.4) is 0 Å². The monoisotopic (exact) mass is 631 g/mol. The average molecular weight is 632 g/mol. The molecule has 44 heavy (non-hydrogen) atoms. The molecule has 1 N–H and O–H groups in total. The molecule has 1 unspecified atom stereocenters. The van der Waals surface area contributed by atoms with Crippen LogP contribution in [0, 0.1) is 0 Å². The zero-order valence-corrected chi connectivity index (χ0v) is 26.6. The summed E-state index contributed by atoms with van der Waals surface area (Å²) in [5.41, 5.74) is 2.85. The van der Waals surface area contributed by atoms with E-state index in [0.29, 0.717) is 23.7 Å². The van der Waals surface area contributed by atoms with Gasteiger partial charge in [-0.25, -0.2) is 8.42 Å². The summed E-state index contributed by atoms with van der Waals surface area (Å²) < 4.78 is 29.5. The molecule has 0 aliphatic heterocycles. The van der Waals surface area contributed by atoms with Crippen LogP contribution in [0.1, 0.15) is 37.0 Å². The van der Waals surface area contributed by atoms with Crippen molar-refractivity contribution >= 4 is 39.1 Å². The van der Waals surface area contributed by atoms with Gasteiger partial charge in [-0.05, 0) is 59.9 Å². The van der Waals surface area contributed by atoms with Crippen LogP contribution in [0.15, 0.2) is 114 Å². The molecule has 2 amide bonds. The van der Waals surface area contributed by atoms with Crippen LogP contribution >= 0.6 is 11.6 Å². The second-order valence-electron chi connectivity index (χ2n) is 10.5. The number of carbonyl (C=O) groups excluding carboxylic acids is 2. The topological polar surface area (TPSA) is 86.8 Å². The van der Waals surface area contributed by atoms with Gasteiger partial charge in [0, 0.05) is 24.5 Å². The third-order valence-corrected chi connectivity index (χ3v) is 9.36. The molecule has 0 aromatic heterocycles. The maximum Gasteiger partial charge on any atom is 0.264 e. The zero-order valence-electron chi connectivity index (χ0n) is 25.0. The third-order valence-electron chi connectivity index (χ3n) is 7.34. The number of benzene rings is 4. The van der Waals surface area contributed by atoms with Crippen LogP contribution in [0.25, 0.3) is 0 Å². The normalized spacial score (nSPS) is 11.9. The zero-order chi connectivity index (χ0) is 31.5. The highest BCUT2D eigenvalue weighted by Gasteiger charge is 2.35. The summed E-state index contributed by atoms with van der Waals surface area (Å²) >= 11 is 6.14. The standard InChI is InChI=1S/C35H38ClN3O4S/c1-3-23-37-35(41)33(24-27-13-7-5-8-14-27)38(25-28-19-21-30(36)22-20-28)34(40)26-39(32-18-12-11-15-29(32)4-2)44(42,43)31-16-9-6-10-17-31/h5-22,33H,3-4,23-26H2,1-2H3,(H,37,41). The molecule has 0 radical (unpaired) electrons. The highest BCUT2D eigenvalue weighted by Crippen LogP contribution is 2.28. The van der Waals surface area contributed by atoms with E-state index in [2.05, 4.69) is 5.32 Å². The van der Waals surface area contributed by atoms with E-state index in [1.807, 2.05) is 56.3 Å². The second-order valence-corrected chi connectivity index (χ2v) is 12.8. The Balaban J connectivity index is 1.81. The quantitative estimate of drug-likeness (QED) is 0.178. The van der Waals surface area contributed by atoms with Crippen LogP contribution in [0.2, 0.25) is 5.02 Å². The van der Waals surface area contributed by atoms with Crippen molar-refractivity contribution in [2.75, 3.05) is 17.4 Å². The number of amides is 2. The lowest BCUT2D eigenvalue weighted by Gasteiger charge is -2.34. The van der Waals surface area contributed by atoms with E-state index >= 15 is 0 Å². The number of nitrogens with zero attached hydrogens (tertiary/aromatic N) is 2. The number of nitrogens with one attached hydrogen (secondary N) is 1. The molecule has 0 saturated heterocycles. The first-order valence-electron chi connectivity index (χ1n) is 14.8. The van der Waals surface area contributed by atoms with Crippen molar-refractivity contribution in [3.8, 4) is 0 Å². The van der Waals surface area contributed by atoms with Gasteiger partial charge >= 0.3 is 0 Å². The van der Waals surface area contributed by atoms with Crippen LogP contribution in [0.5, 0.6) is 0 Å². The number of para-hydroxylation sites is 1. The number of rotatable bonds is 14. The fourth-order valence-corrected chi connectivity index (χ4v) is 6.59. The summed E-state index contributed by atoms with van der Waals surface area (Å²) in [6.45, 7) is 3.94. The molecular formula is C35H38ClN3O4S. The fraction of sp³-hybridized carbons (Fsp3) is 0.257. The number of hydrogen-bond donors (Lipinski definition) is 1. The smallest absolute Gasteiger partial charge is 0.264 e. The summed E-state index contributed by atoms with van der Waals surface area (Å²) in [5, 5.41) is 3.50. The predicted molar refractivity (Wildman–Crippen MR) is 176 cm³/mol. The van der Waals surface area contributed by atoms with E-state index < -0.39 is 28.5 Å². The molecule has 230 valence electrons. The Labute approximate surface area is 265 Å². The van der Waals surface area contributed by atoms with E-state index in [0.717, 1.165) is 23.1 Å². The summed E-state index contributed by atoms with van der Waals surface area (Å²) in [6.07, 6.45) is 1.55. The highest BCUT2D eigenvalue weighted by atomic mass is 35.5. The first-order valence-corrected chi connectivity index (χ1v) is 16.6. The minimum atomic E-state index is -4.14. The Morgan fingerprint density at radius 1 is 0.795 bits per heavy atom. The number of aryl methyl sites for hydroxylation is 1. The lowest BCUT2D eigenvalue weighted by molar-refractivity contribution is -0.140. The van der Waals surface area contributed by atoms with Crippen molar-refractivity contribution in [2.45, 2.75) is 50.6 Å². The maximum absolute atomic E-state index is 14.5.